The van der Waals surface area contributed by atoms with Crippen molar-refractivity contribution >= 4 is 72.7 Å². The zero-order valence-corrected chi connectivity index (χ0v) is 23.7. The fourth-order valence-corrected chi connectivity index (χ4v) is 0.528. The topological polar surface area (TPSA) is 236 Å². The molecule has 0 fully saturated rings. The van der Waals surface area contributed by atoms with Gasteiger partial charge in [0, 0.05) is 48.9 Å². The molecule has 0 saturated carbocycles. The van der Waals surface area contributed by atoms with Crippen molar-refractivity contribution in [3.8, 4) is 0 Å². The standard InChI is InChI=1S/2C4H6O6.2K.2Sb/c2*5-1(3(7)8)2(6)4(9)10;;;;/h2*1-2,5-6H,(H,7,8)(H,9,10);;;;/q;;2*+1;;/p-2. The quantitative estimate of drug-likeness (QED) is 0.152. The van der Waals surface area contributed by atoms with Crippen LogP contribution in [-0.4, -0.2) is 128 Å². The summed E-state index contributed by atoms with van der Waals surface area (Å²) in [7, 11) is 0. The van der Waals surface area contributed by atoms with E-state index in [1.165, 1.54) is 0 Å². The van der Waals surface area contributed by atoms with Crippen LogP contribution in [-0.2, 0) is 19.2 Å². The van der Waals surface area contributed by atoms with Crippen LogP contribution >= 0.6 is 0 Å². The molecule has 0 aliphatic carbocycles. The molecule has 0 saturated heterocycles. The van der Waals surface area contributed by atoms with Crippen molar-refractivity contribution in [1.82, 2.24) is 0 Å². The average molecular weight is 620 g/mol. The van der Waals surface area contributed by atoms with Gasteiger partial charge in [-0.1, -0.05) is 0 Å². The van der Waals surface area contributed by atoms with Crippen molar-refractivity contribution in [1.29, 1.82) is 0 Å². The molecule has 6 radical (unpaired) electrons. The van der Waals surface area contributed by atoms with E-state index < -0.39 is 48.3 Å². The number of hydrogen-bond donors (Lipinski definition) is 6. The SMILES string of the molecule is O=C([O-])C(O)C(O)C(=O)O.O=C([O-])C(O)C(O)C(=O)O.[K+].[K+].[Sb].[Sb]. The van der Waals surface area contributed by atoms with Crippen molar-refractivity contribution in [2.75, 3.05) is 0 Å². The molecule has 0 aliphatic heterocycles. The molecule has 0 rings (SSSR count). The van der Waals surface area contributed by atoms with Gasteiger partial charge in [0.25, 0.3) is 0 Å². The van der Waals surface area contributed by atoms with Gasteiger partial charge < -0.3 is 50.4 Å². The third-order valence-corrected chi connectivity index (χ3v) is 1.59. The molecule has 0 heterocycles. The summed E-state index contributed by atoms with van der Waals surface area (Å²) in [6.07, 6.45) is -9.41. The molecular formula is C8H10K2O12Sb2. The van der Waals surface area contributed by atoms with Gasteiger partial charge in [-0.2, -0.15) is 0 Å². The average Bonchev–Trinajstić information content (AvgIpc) is 2.35. The number of aliphatic hydroxyl groups is 4. The molecule has 0 amide bonds. The molecule has 4 atom stereocenters. The second-order valence-electron chi connectivity index (χ2n) is 3.09. The molecule has 4 unspecified atom stereocenters. The Morgan fingerprint density at radius 2 is 0.750 bits per heavy atom. The largest absolute Gasteiger partial charge is 1.00 e. The van der Waals surface area contributed by atoms with Gasteiger partial charge in [0.15, 0.2) is 12.2 Å². The van der Waals surface area contributed by atoms with Gasteiger partial charge in [-0.25, -0.2) is 9.59 Å². The molecule has 0 aromatic heterocycles. The van der Waals surface area contributed by atoms with Gasteiger partial charge >= 0.3 is 115 Å². The summed E-state index contributed by atoms with van der Waals surface area (Å²) in [5.74, 6) is -7.65. The minimum absolute atomic E-state index is 0. The van der Waals surface area contributed by atoms with E-state index in [-0.39, 0.29) is 152 Å². The zero-order valence-electron chi connectivity index (χ0n) is 12.3. The van der Waals surface area contributed by atoms with E-state index in [1.807, 2.05) is 0 Å². The van der Waals surface area contributed by atoms with E-state index in [1.54, 1.807) is 0 Å². The predicted octanol–water partition coefficient (Wildman–Crippen LogP) is -13.7. The molecule has 0 spiro atoms. The Balaban J connectivity index is -0.0000000579. The summed E-state index contributed by atoms with van der Waals surface area (Å²) in [5, 5.41) is 68.3. The minimum atomic E-state index is -2.38. The van der Waals surface area contributed by atoms with E-state index in [4.69, 9.17) is 30.6 Å². The Kier molecular flexibility index (Phi) is 37.5. The van der Waals surface area contributed by atoms with Gasteiger partial charge in [-0.3, -0.25) is 0 Å². The van der Waals surface area contributed by atoms with Gasteiger partial charge in [0.1, 0.15) is 12.2 Å². The number of aliphatic hydroxyl groups excluding tert-OH is 4. The van der Waals surface area contributed by atoms with E-state index >= 15 is 0 Å². The molecular weight excluding hydrogens is 610 g/mol. The maximum Gasteiger partial charge on any atom is 1.00 e. The maximum absolute atomic E-state index is 9.74. The Bertz CT molecular complexity index is 323. The molecule has 126 valence electrons. The number of carbonyl (C=O) groups excluding carboxylic acids is 2. The molecule has 0 bridgehead atoms. The van der Waals surface area contributed by atoms with E-state index in [2.05, 4.69) is 0 Å². The Morgan fingerprint density at radius 1 is 0.583 bits per heavy atom. The van der Waals surface area contributed by atoms with Crippen molar-refractivity contribution in [2.24, 2.45) is 0 Å². The van der Waals surface area contributed by atoms with E-state index in [0.29, 0.717) is 0 Å². The van der Waals surface area contributed by atoms with Gasteiger partial charge in [0.2, 0.25) is 0 Å². The van der Waals surface area contributed by atoms with Crippen LogP contribution in [0, 0.1) is 0 Å². The fourth-order valence-electron chi connectivity index (χ4n) is 0.528. The fraction of sp³-hybridized carbons (Fsp3) is 0.500. The summed E-state index contributed by atoms with van der Waals surface area (Å²) >= 11 is 0. The molecule has 0 aromatic rings. The first-order valence-corrected chi connectivity index (χ1v) is 4.53. The first-order chi connectivity index (χ1) is 8.93. The molecule has 16 heteroatoms. The number of rotatable bonds is 6. The van der Waals surface area contributed by atoms with Gasteiger partial charge in [-0.15, -0.1) is 0 Å². The Labute approximate surface area is 254 Å². The summed E-state index contributed by atoms with van der Waals surface area (Å²) in [6, 6.07) is 0. The molecule has 0 aliphatic rings. The Morgan fingerprint density at radius 3 is 0.792 bits per heavy atom. The summed E-state index contributed by atoms with van der Waals surface area (Å²) in [6.45, 7) is 0. The molecule has 24 heavy (non-hydrogen) atoms. The molecule has 6 N–H and O–H groups in total. The van der Waals surface area contributed by atoms with E-state index in [0.717, 1.165) is 0 Å². The normalized spacial score (nSPS) is 13.2. The van der Waals surface area contributed by atoms with Crippen LogP contribution in [0.4, 0.5) is 0 Å². The van der Waals surface area contributed by atoms with Crippen molar-refractivity contribution in [3.63, 3.8) is 0 Å². The van der Waals surface area contributed by atoms with Crippen LogP contribution in [0.3, 0.4) is 0 Å². The monoisotopic (exact) mass is 618 g/mol. The predicted molar refractivity (Wildman–Crippen MR) is 60.8 cm³/mol. The van der Waals surface area contributed by atoms with E-state index in [9.17, 15) is 29.4 Å². The number of aliphatic carboxylic acids is 4. The maximum atomic E-state index is 9.74. The van der Waals surface area contributed by atoms with Crippen LogP contribution in [0.25, 0.3) is 0 Å². The molecule has 0 aromatic carbocycles. The number of hydrogen-bond acceptors (Lipinski definition) is 10. The van der Waals surface area contributed by atoms with Crippen molar-refractivity contribution in [3.05, 3.63) is 0 Å². The second kappa shape index (κ2) is 21.9. The number of carboxylic acids is 4. The summed E-state index contributed by atoms with van der Waals surface area (Å²) in [4.78, 5) is 38.8. The van der Waals surface area contributed by atoms with Crippen LogP contribution in [0.5, 0.6) is 0 Å². The Hall–Kier alpha value is 2.63. The zero-order chi connectivity index (χ0) is 16.6. The van der Waals surface area contributed by atoms with Gasteiger partial charge in [-0.05, 0) is 0 Å². The third kappa shape index (κ3) is 19.4. The minimum Gasteiger partial charge on any atom is -0.547 e. The van der Waals surface area contributed by atoms with Gasteiger partial charge in [0.05, 0.1) is 11.9 Å². The van der Waals surface area contributed by atoms with Crippen LogP contribution in [0.15, 0.2) is 0 Å². The van der Waals surface area contributed by atoms with Crippen LogP contribution in [0.2, 0.25) is 0 Å². The second-order valence-corrected chi connectivity index (χ2v) is 3.09. The summed E-state index contributed by atoms with van der Waals surface area (Å²) in [5.41, 5.74) is 0. The first kappa shape index (κ1) is 41.1. The first-order valence-electron chi connectivity index (χ1n) is 4.53. The van der Waals surface area contributed by atoms with Crippen molar-refractivity contribution < 1.29 is 163 Å². The van der Waals surface area contributed by atoms with Crippen LogP contribution < -0.4 is 113 Å². The number of carboxylic acid groups (broad SMARTS) is 4. The number of carbonyl (C=O) groups is 4. The third-order valence-electron chi connectivity index (χ3n) is 1.59. The van der Waals surface area contributed by atoms with Crippen LogP contribution in [0.1, 0.15) is 0 Å². The molecule has 12 nitrogen and oxygen atoms in total. The van der Waals surface area contributed by atoms with Crippen molar-refractivity contribution in [2.45, 2.75) is 24.4 Å². The smallest absolute Gasteiger partial charge is 0.547 e. The summed E-state index contributed by atoms with van der Waals surface area (Å²) < 4.78 is 0.